The molecule has 0 unspecified atom stereocenters. The van der Waals surface area contributed by atoms with Crippen molar-refractivity contribution in [1.29, 1.82) is 0 Å². The monoisotopic (exact) mass is 197 g/mol. The number of hydrogen-bond acceptors (Lipinski definition) is 3. The van der Waals surface area contributed by atoms with E-state index < -0.39 is 6.09 Å². The molecular weight excluding hydrogens is 182 g/mol. The highest BCUT2D eigenvalue weighted by Gasteiger charge is 2.04. The van der Waals surface area contributed by atoms with Gasteiger partial charge in [-0.25, -0.2) is 4.79 Å². The Kier molecular flexibility index (Phi) is 3.50. The van der Waals surface area contributed by atoms with Gasteiger partial charge in [-0.2, -0.15) is 5.10 Å². The summed E-state index contributed by atoms with van der Waals surface area (Å²) in [7, 11) is 1.51. The van der Waals surface area contributed by atoms with Crippen LogP contribution in [0.25, 0.3) is 0 Å². The molecule has 1 heterocycles. The van der Waals surface area contributed by atoms with Crippen LogP contribution in [0.5, 0.6) is 5.75 Å². The minimum atomic E-state index is -0.478. The summed E-state index contributed by atoms with van der Waals surface area (Å²) < 4.78 is 6.65. The summed E-state index contributed by atoms with van der Waals surface area (Å²) in [5, 5.41) is 6.42. The fourth-order valence-electron chi connectivity index (χ4n) is 1.03. The Hall–Kier alpha value is -1.52. The van der Waals surface area contributed by atoms with Gasteiger partial charge in [-0.3, -0.25) is 4.68 Å². The van der Waals surface area contributed by atoms with Gasteiger partial charge < -0.3 is 10.1 Å². The molecule has 0 saturated heterocycles. The molecule has 0 atom stereocenters. The van der Waals surface area contributed by atoms with E-state index in [4.69, 9.17) is 4.74 Å². The lowest BCUT2D eigenvalue weighted by Gasteiger charge is -2.03. The molecule has 0 bridgehead atoms. The summed E-state index contributed by atoms with van der Waals surface area (Å²) in [6.45, 7) is 5.01. The number of nitrogens with zero attached hydrogens (tertiary/aromatic N) is 2. The third-order valence-electron chi connectivity index (χ3n) is 1.58. The number of nitrogens with one attached hydrogen (secondary N) is 1. The minimum Gasteiger partial charge on any atom is -0.407 e. The van der Waals surface area contributed by atoms with Crippen LogP contribution in [-0.4, -0.2) is 22.9 Å². The number of aromatic nitrogens is 2. The van der Waals surface area contributed by atoms with E-state index in [1.165, 1.54) is 13.2 Å². The molecular formula is C9H15N3O2. The molecule has 14 heavy (non-hydrogen) atoms. The van der Waals surface area contributed by atoms with Crippen LogP contribution in [0.4, 0.5) is 4.79 Å². The van der Waals surface area contributed by atoms with Crippen LogP contribution in [0.3, 0.4) is 0 Å². The second-order valence-corrected chi connectivity index (χ2v) is 3.43. The fraction of sp³-hybridized carbons (Fsp3) is 0.556. The first-order chi connectivity index (χ1) is 6.61. The molecule has 0 fully saturated rings. The number of ether oxygens (including phenoxy) is 1. The summed E-state index contributed by atoms with van der Waals surface area (Å²) in [5.74, 6) is 0.979. The molecule has 0 spiro atoms. The molecule has 0 aliphatic rings. The quantitative estimate of drug-likeness (QED) is 0.793. The van der Waals surface area contributed by atoms with E-state index in [1.54, 1.807) is 10.9 Å². The van der Waals surface area contributed by atoms with Gasteiger partial charge in [0.25, 0.3) is 0 Å². The average molecular weight is 197 g/mol. The molecule has 5 nitrogen and oxygen atoms in total. The van der Waals surface area contributed by atoms with E-state index in [2.05, 4.69) is 24.3 Å². The van der Waals surface area contributed by atoms with Gasteiger partial charge in [0.15, 0.2) is 5.75 Å². The molecule has 5 heteroatoms. The molecule has 0 radical (unpaired) electrons. The van der Waals surface area contributed by atoms with Crippen LogP contribution >= 0.6 is 0 Å². The topological polar surface area (TPSA) is 56.1 Å². The maximum atomic E-state index is 10.8. The van der Waals surface area contributed by atoms with Crippen molar-refractivity contribution in [2.45, 2.75) is 20.4 Å². The van der Waals surface area contributed by atoms with Crippen molar-refractivity contribution in [3.63, 3.8) is 0 Å². The number of carbonyl (C=O) groups excluding carboxylic acids is 1. The lowest BCUT2D eigenvalue weighted by atomic mass is 10.2. The second-order valence-electron chi connectivity index (χ2n) is 3.43. The van der Waals surface area contributed by atoms with E-state index in [-0.39, 0.29) is 0 Å². The summed E-state index contributed by atoms with van der Waals surface area (Å²) in [6, 6.07) is 0. The van der Waals surface area contributed by atoms with Crippen LogP contribution < -0.4 is 10.1 Å². The Morgan fingerprint density at radius 3 is 3.00 bits per heavy atom. The number of carbonyl (C=O) groups is 1. The van der Waals surface area contributed by atoms with Crippen LogP contribution in [0.1, 0.15) is 13.8 Å². The van der Waals surface area contributed by atoms with Crippen molar-refractivity contribution < 1.29 is 9.53 Å². The SMILES string of the molecule is CNC(=O)Oc1cnn(CC(C)C)c1. The fourth-order valence-corrected chi connectivity index (χ4v) is 1.03. The third-order valence-corrected chi connectivity index (χ3v) is 1.58. The predicted molar refractivity (Wildman–Crippen MR) is 52.1 cm³/mol. The molecule has 78 valence electrons. The Morgan fingerprint density at radius 1 is 1.71 bits per heavy atom. The highest BCUT2D eigenvalue weighted by atomic mass is 16.6. The molecule has 0 aliphatic carbocycles. The van der Waals surface area contributed by atoms with E-state index in [1.807, 2.05) is 0 Å². The van der Waals surface area contributed by atoms with Gasteiger partial charge in [0.2, 0.25) is 0 Å². The molecule has 1 rings (SSSR count). The summed E-state index contributed by atoms with van der Waals surface area (Å²) in [5.41, 5.74) is 0. The van der Waals surface area contributed by atoms with Crippen molar-refractivity contribution in [1.82, 2.24) is 15.1 Å². The first kappa shape index (κ1) is 10.6. The maximum absolute atomic E-state index is 10.8. The number of amides is 1. The Morgan fingerprint density at radius 2 is 2.43 bits per heavy atom. The molecule has 1 aromatic rings. The lowest BCUT2D eigenvalue weighted by Crippen LogP contribution is -2.21. The molecule has 1 amide bonds. The van der Waals surface area contributed by atoms with Crippen LogP contribution in [0, 0.1) is 5.92 Å². The number of hydrogen-bond donors (Lipinski definition) is 1. The second kappa shape index (κ2) is 4.64. The zero-order valence-corrected chi connectivity index (χ0v) is 8.65. The lowest BCUT2D eigenvalue weighted by molar-refractivity contribution is 0.203. The van der Waals surface area contributed by atoms with Gasteiger partial charge in [-0.05, 0) is 5.92 Å². The minimum absolute atomic E-state index is 0.463. The number of rotatable bonds is 3. The molecule has 0 aromatic carbocycles. The van der Waals surface area contributed by atoms with Gasteiger partial charge in [-0.1, -0.05) is 13.8 Å². The highest BCUT2D eigenvalue weighted by Crippen LogP contribution is 2.09. The molecule has 1 aromatic heterocycles. The Balaban J connectivity index is 2.55. The van der Waals surface area contributed by atoms with Crippen molar-refractivity contribution >= 4 is 6.09 Å². The molecule has 0 aliphatic heterocycles. The average Bonchev–Trinajstić information content (AvgIpc) is 2.51. The Labute approximate surface area is 83.1 Å². The van der Waals surface area contributed by atoms with Crippen molar-refractivity contribution in [2.75, 3.05) is 7.05 Å². The standard InChI is InChI=1S/C9H15N3O2/c1-7(2)5-12-6-8(4-11-12)14-9(13)10-3/h4,6-7H,5H2,1-3H3,(H,10,13). The summed E-state index contributed by atoms with van der Waals surface area (Å²) in [6.07, 6.45) is 2.75. The zero-order chi connectivity index (χ0) is 10.6. The molecule has 1 N–H and O–H groups in total. The van der Waals surface area contributed by atoms with Gasteiger partial charge in [-0.15, -0.1) is 0 Å². The van der Waals surface area contributed by atoms with E-state index in [9.17, 15) is 4.79 Å². The van der Waals surface area contributed by atoms with Crippen LogP contribution in [0.15, 0.2) is 12.4 Å². The maximum Gasteiger partial charge on any atom is 0.412 e. The molecule has 0 saturated carbocycles. The Bertz CT molecular complexity index is 307. The van der Waals surface area contributed by atoms with E-state index in [0.717, 1.165) is 6.54 Å². The summed E-state index contributed by atoms with van der Waals surface area (Å²) >= 11 is 0. The van der Waals surface area contributed by atoms with Gasteiger partial charge in [0.05, 0.1) is 12.4 Å². The largest absolute Gasteiger partial charge is 0.412 e. The van der Waals surface area contributed by atoms with Crippen molar-refractivity contribution in [3.8, 4) is 5.75 Å². The van der Waals surface area contributed by atoms with Crippen molar-refractivity contribution in [2.24, 2.45) is 5.92 Å². The van der Waals surface area contributed by atoms with Crippen LogP contribution in [-0.2, 0) is 6.54 Å². The normalized spacial score (nSPS) is 10.3. The van der Waals surface area contributed by atoms with E-state index >= 15 is 0 Å². The summed E-state index contributed by atoms with van der Waals surface area (Å²) in [4.78, 5) is 10.8. The zero-order valence-electron chi connectivity index (χ0n) is 8.65. The van der Waals surface area contributed by atoms with Gasteiger partial charge in [0, 0.05) is 13.6 Å². The van der Waals surface area contributed by atoms with E-state index in [0.29, 0.717) is 11.7 Å². The smallest absolute Gasteiger partial charge is 0.407 e. The van der Waals surface area contributed by atoms with Gasteiger partial charge >= 0.3 is 6.09 Å². The highest BCUT2D eigenvalue weighted by molar-refractivity contribution is 5.69. The predicted octanol–water partition coefficient (Wildman–Crippen LogP) is 1.26. The van der Waals surface area contributed by atoms with Crippen molar-refractivity contribution in [3.05, 3.63) is 12.4 Å². The first-order valence-corrected chi connectivity index (χ1v) is 4.54. The van der Waals surface area contributed by atoms with Crippen LogP contribution in [0.2, 0.25) is 0 Å². The van der Waals surface area contributed by atoms with Gasteiger partial charge in [0.1, 0.15) is 0 Å². The first-order valence-electron chi connectivity index (χ1n) is 4.54. The third kappa shape index (κ3) is 3.08.